The summed E-state index contributed by atoms with van der Waals surface area (Å²) in [6.45, 7) is 0.378. The van der Waals surface area contributed by atoms with E-state index in [1.807, 2.05) is 29.6 Å². The molecular formula is C18H13ClN4O2S2. The van der Waals surface area contributed by atoms with Crippen LogP contribution in [0.4, 0.5) is 5.82 Å². The van der Waals surface area contributed by atoms with E-state index < -0.39 is 0 Å². The van der Waals surface area contributed by atoms with Gasteiger partial charge in [0.15, 0.2) is 0 Å². The molecule has 3 N–H and O–H groups in total. The van der Waals surface area contributed by atoms with Crippen molar-refractivity contribution in [3.05, 3.63) is 68.2 Å². The highest BCUT2D eigenvalue weighted by Gasteiger charge is 2.17. The fourth-order valence-electron chi connectivity index (χ4n) is 2.52. The average molecular weight is 417 g/mol. The zero-order chi connectivity index (χ0) is 18.8. The number of fused-ring (bicyclic) bond motifs is 1. The lowest BCUT2D eigenvalue weighted by molar-refractivity contribution is 0.0954. The first-order valence-electron chi connectivity index (χ1n) is 7.95. The number of H-pyrrole nitrogens is 1. The molecule has 4 rings (SSSR count). The van der Waals surface area contributed by atoms with Crippen LogP contribution in [0.25, 0.3) is 10.2 Å². The van der Waals surface area contributed by atoms with Crippen molar-refractivity contribution in [1.29, 1.82) is 0 Å². The van der Waals surface area contributed by atoms with Crippen LogP contribution in [0.1, 0.15) is 24.9 Å². The number of rotatable bonds is 5. The molecule has 0 fully saturated rings. The van der Waals surface area contributed by atoms with Crippen LogP contribution < -0.4 is 10.6 Å². The molecule has 9 heteroatoms. The minimum absolute atomic E-state index is 0.200. The fraction of sp³-hybridized carbons (Fsp3) is 0.0556. The highest BCUT2D eigenvalue weighted by Crippen LogP contribution is 2.29. The molecule has 6 nitrogen and oxygen atoms in total. The zero-order valence-electron chi connectivity index (χ0n) is 13.8. The Balaban J connectivity index is 1.47. The smallest absolute Gasteiger partial charge is 0.266 e. The van der Waals surface area contributed by atoms with Crippen LogP contribution in [0.2, 0.25) is 5.02 Å². The second-order valence-corrected chi connectivity index (χ2v) is 8.09. The Hall–Kier alpha value is -2.68. The van der Waals surface area contributed by atoms with Crippen LogP contribution in [0.5, 0.6) is 0 Å². The SMILES string of the molecule is O=C(Nc1[nH]nc2sc(C(=O)NCc3cccc(Cl)c3)cc12)c1cccs1. The van der Waals surface area contributed by atoms with Crippen molar-refractivity contribution in [3.63, 3.8) is 0 Å². The Morgan fingerprint density at radius 3 is 2.78 bits per heavy atom. The Kier molecular flexibility index (Phi) is 4.93. The number of carbonyl (C=O) groups excluding carboxylic acids is 2. The molecule has 1 aromatic carbocycles. The second kappa shape index (κ2) is 7.51. The summed E-state index contributed by atoms with van der Waals surface area (Å²) < 4.78 is 0. The van der Waals surface area contributed by atoms with E-state index in [-0.39, 0.29) is 11.8 Å². The van der Waals surface area contributed by atoms with Crippen molar-refractivity contribution >= 4 is 62.1 Å². The van der Waals surface area contributed by atoms with E-state index in [1.165, 1.54) is 22.7 Å². The molecule has 3 heterocycles. The number of anilines is 1. The molecule has 27 heavy (non-hydrogen) atoms. The minimum Gasteiger partial charge on any atom is -0.347 e. The van der Waals surface area contributed by atoms with Gasteiger partial charge in [0.1, 0.15) is 10.6 Å². The van der Waals surface area contributed by atoms with Crippen LogP contribution >= 0.6 is 34.3 Å². The quantitative estimate of drug-likeness (QED) is 0.447. The number of thiophene rings is 2. The number of hydrogen-bond donors (Lipinski definition) is 3. The Bertz CT molecular complexity index is 1120. The molecule has 0 radical (unpaired) electrons. The third-order valence-corrected chi connectivity index (χ3v) is 5.93. The maximum atomic E-state index is 12.4. The molecule has 0 aliphatic carbocycles. The standard InChI is InChI=1S/C18H13ClN4O2S2/c19-11-4-1-3-10(7-11)9-20-16(24)14-8-12-15(22-23-18(12)27-14)21-17(25)13-5-2-6-26-13/h1-8H,9H2,(H,20,24)(H2,21,22,23,25). The normalized spacial score (nSPS) is 10.9. The molecule has 0 saturated carbocycles. The first kappa shape index (κ1) is 17.7. The molecule has 2 amide bonds. The summed E-state index contributed by atoms with van der Waals surface area (Å²) >= 11 is 8.57. The zero-order valence-corrected chi connectivity index (χ0v) is 16.2. The molecular weight excluding hydrogens is 404 g/mol. The molecule has 0 saturated heterocycles. The lowest BCUT2D eigenvalue weighted by atomic mass is 10.2. The van der Waals surface area contributed by atoms with Crippen molar-refractivity contribution in [3.8, 4) is 0 Å². The summed E-state index contributed by atoms with van der Waals surface area (Å²) in [6.07, 6.45) is 0. The number of aromatic amines is 1. The average Bonchev–Trinajstić information content (AvgIpc) is 3.38. The van der Waals surface area contributed by atoms with Gasteiger partial charge >= 0.3 is 0 Å². The third-order valence-electron chi connectivity index (χ3n) is 3.80. The van der Waals surface area contributed by atoms with Crippen molar-refractivity contribution in [2.45, 2.75) is 6.54 Å². The summed E-state index contributed by atoms with van der Waals surface area (Å²) in [5, 5.41) is 15.8. The van der Waals surface area contributed by atoms with Gasteiger partial charge in [0, 0.05) is 11.6 Å². The maximum Gasteiger partial charge on any atom is 0.266 e. The van der Waals surface area contributed by atoms with E-state index in [0.29, 0.717) is 37.4 Å². The van der Waals surface area contributed by atoms with E-state index in [1.54, 1.807) is 18.2 Å². The molecule has 0 aliphatic heterocycles. The number of aromatic nitrogens is 2. The van der Waals surface area contributed by atoms with Gasteiger partial charge < -0.3 is 10.6 Å². The van der Waals surface area contributed by atoms with E-state index >= 15 is 0 Å². The Morgan fingerprint density at radius 2 is 2.00 bits per heavy atom. The van der Waals surface area contributed by atoms with Crippen molar-refractivity contribution in [1.82, 2.24) is 15.5 Å². The third kappa shape index (κ3) is 3.87. The molecule has 0 unspecified atom stereocenters. The van der Waals surface area contributed by atoms with Gasteiger partial charge in [-0.25, -0.2) is 0 Å². The molecule has 136 valence electrons. The van der Waals surface area contributed by atoms with Gasteiger partial charge in [-0.2, -0.15) is 5.10 Å². The highest BCUT2D eigenvalue weighted by molar-refractivity contribution is 7.20. The number of carbonyl (C=O) groups is 2. The summed E-state index contributed by atoms with van der Waals surface area (Å²) in [5.41, 5.74) is 0.918. The van der Waals surface area contributed by atoms with Gasteiger partial charge in [-0.1, -0.05) is 29.8 Å². The monoisotopic (exact) mass is 416 g/mol. The predicted molar refractivity (Wildman–Crippen MR) is 109 cm³/mol. The summed E-state index contributed by atoms with van der Waals surface area (Å²) in [4.78, 5) is 26.4. The van der Waals surface area contributed by atoms with E-state index in [0.717, 1.165) is 5.56 Å². The number of nitrogens with zero attached hydrogens (tertiary/aromatic N) is 1. The van der Waals surface area contributed by atoms with Gasteiger partial charge in [0.05, 0.1) is 15.1 Å². The summed E-state index contributed by atoms with van der Waals surface area (Å²) in [5.74, 6) is 0.0655. The molecule has 0 atom stereocenters. The van der Waals surface area contributed by atoms with Gasteiger partial charge in [-0.05, 0) is 35.2 Å². The number of nitrogens with one attached hydrogen (secondary N) is 3. The van der Waals surface area contributed by atoms with Crippen LogP contribution in [0.3, 0.4) is 0 Å². The predicted octanol–water partition coefficient (Wildman–Crippen LogP) is 4.52. The second-order valence-electron chi connectivity index (χ2n) is 5.67. The van der Waals surface area contributed by atoms with Crippen LogP contribution in [-0.2, 0) is 6.54 Å². The summed E-state index contributed by atoms with van der Waals surface area (Å²) in [7, 11) is 0. The Labute approximate surface area is 167 Å². The van der Waals surface area contributed by atoms with Crippen molar-refractivity contribution in [2.75, 3.05) is 5.32 Å². The molecule has 0 bridgehead atoms. The molecule has 0 spiro atoms. The topological polar surface area (TPSA) is 86.9 Å². The minimum atomic E-state index is -0.214. The van der Waals surface area contributed by atoms with Crippen LogP contribution in [0, 0.1) is 0 Å². The van der Waals surface area contributed by atoms with Crippen LogP contribution in [0.15, 0.2) is 47.8 Å². The first-order chi connectivity index (χ1) is 13.1. The number of hydrogen-bond acceptors (Lipinski definition) is 5. The molecule has 3 aromatic heterocycles. The van der Waals surface area contributed by atoms with E-state index in [2.05, 4.69) is 20.8 Å². The first-order valence-corrected chi connectivity index (χ1v) is 10.0. The lowest BCUT2D eigenvalue weighted by Gasteiger charge is -2.04. The van der Waals surface area contributed by atoms with Crippen molar-refractivity contribution in [2.24, 2.45) is 0 Å². The number of halogens is 1. The van der Waals surface area contributed by atoms with E-state index in [4.69, 9.17) is 11.6 Å². The van der Waals surface area contributed by atoms with Gasteiger partial charge in [-0.15, -0.1) is 22.7 Å². The van der Waals surface area contributed by atoms with Gasteiger partial charge in [0.2, 0.25) is 0 Å². The number of benzene rings is 1. The molecule has 4 aromatic rings. The lowest BCUT2D eigenvalue weighted by Crippen LogP contribution is -2.21. The van der Waals surface area contributed by atoms with E-state index in [9.17, 15) is 9.59 Å². The largest absolute Gasteiger partial charge is 0.347 e. The fourth-order valence-corrected chi connectivity index (χ4v) is 4.26. The van der Waals surface area contributed by atoms with Gasteiger partial charge in [0.25, 0.3) is 11.8 Å². The van der Waals surface area contributed by atoms with Crippen molar-refractivity contribution < 1.29 is 9.59 Å². The number of amides is 2. The maximum absolute atomic E-state index is 12.4. The Morgan fingerprint density at radius 1 is 1.11 bits per heavy atom. The summed E-state index contributed by atoms with van der Waals surface area (Å²) in [6, 6.07) is 12.6. The highest BCUT2D eigenvalue weighted by atomic mass is 35.5. The van der Waals surface area contributed by atoms with Gasteiger partial charge in [-0.3, -0.25) is 14.7 Å². The molecule has 0 aliphatic rings. The van der Waals surface area contributed by atoms with Crippen LogP contribution in [-0.4, -0.2) is 22.0 Å².